The molecular weight excluding hydrogens is 397 g/mol. The van der Waals surface area contributed by atoms with E-state index in [9.17, 15) is 22.8 Å². The van der Waals surface area contributed by atoms with Crippen LogP contribution in [0.3, 0.4) is 0 Å². The van der Waals surface area contributed by atoms with Crippen LogP contribution in [-0.2, 0) is 20.7 Å². The quantitative estimate of drug-likeness (QED) is 0.432. The molecule has 4 atom stereocenters. The molecule has 1 saturated carbocycles. The Kier molecular flexibility index (Phi) is 8.10. The Labute approximate surface area is 175 Å². The second kappa shape index (κ2) is 10.1. The smallest absolute Gasteiger partial charge is 0.398 e. The zero-order chi connectivity index (χ0) is 22.5. The average Bonchev–Trinajstić information content (AvgIpc) is 2.88. The van der Waals surface area contributed by atoms with Gasteiger partial charge in [-0.15, -0.1) is 0 Å². The molecule has 166 valence electrons. The Hall–Kier alpha value is -2.31. The third-order valence-electron chi connectivity index (χ3n) is 6.09. The van der Waals surface area contributed by atoms with E-state index in [4.69, 9.17) is 9.84 Å². The lowest BCUT2D eigenvalue weighted by molar-refractivity contribution is -0.186. The maximum atomic E-state index is 13.5. The number of ketones is 1. The van der Waals surface area contributed by atoms with Gasteiger partial charge in [-0.2, -0.15) is 13.2 Å². The van der Waals surface area contributed by atoms with Crippen molar-refractivity contribution < 1.29 is 32.6 Å². The fourth-order valence-corrected chi connectivity index (χ4v) is 4.29. The highest BCUT2D eigenvalue weighted by molar-refractivity contribution is 5.87. The predicted molar refractivity (Wildman–Crippen MR) is 107 cm³/mol. The number of carboxylic acids is 1. The monoisotopic (exact) mass is 426 g/mol. The van der Waals surface area contributed by atoms with Crippen molar-refractivity contribution in [3.05, 3.63) is 47.2 Å². The molecule has 0 amide bonds. The maximum Gasteiger partial charge on any atom is 0.398 e. The SMILES string of the molecule is Cc1ccc(CC[C@H]2C(=O)C(C(F)(F)F)C(C)[C@@H]2C/C=C\OCCC(=O)O)cc1C. The van der Waals surface area contributed by atoms with Gasteiger partial charge < -0.3 is 9.84 Å². The third kappa shape index (κ3) is 6.09. The van der Waals surface area contributed by atoms with Gasteiger partial charge in [-0.05, 0) is 67.7 Å². The van der Waals surface area contributed by atoms with E-state index in [-0.39, 0.29) is 19.4 Å². The molecule has 1 aliphatic rings. The molecule has 0 aromatic heterocycles. The summed E-state index contributed by atoms with van der Waals surface area (Å²) in [5.74, 6) is -5.56. The molecule has 0 spiro atoms. The molecule has 0 radical (unpaired) electrons. The Bertz CT molecular complexity index is 785. The number of carbonyl (C=O) groups excluding carboxylic acids is 1. The van der Waals surface area contributed by atoms with E-state index in [1.165, 1.54) is 13.2 Å². The molecule has 1 fully saturated rings. The van der Waals surface area contributed by atoms with Crippen molar-refractivity contribution in [2.75, 3.05) is 6.61 Å². The van der Waals surface area contributed by atoms with Crippen LogP contribution >= 0.6 is 0 Å². The average molecular weight is 426 g/mol. The van der Waals surface area contributed by atoms with E-state index >= 15 is 0 Å². The second-order valence-corrected chi connectivity index (χ2v) is 8.13. The largest absolute Gasteiger partial charge is 0.501 e. The van der Waals surface area contributed by atoms with Crippen LogP contribution in [0.15, 0.2) is 30.5 Å². The molecule has 1 aliphatic carbocycles. The number of alkyl halides is 3. The molecular formula is C23H29F3O4. The molecule has 1 N–H and O–H groups in total. The summed E-state index contributed by atoms with van der Waals surface area (Å²) in [5.41, 5.74) is 3.28. The normalized spacial score (nSPS) is 24.5. The molecule has 7 heteroatoms. The Balaban J connectivity index is 2.09. The van der Waals surface area contributed by atoms with Gasteiger partial charge in [-0.1, -0.05) is 25.1 Å². The number of carbonyl (C=O) groups is 2. The Morgan fingerprint density at radius 1 is 1.23 bits per heavy atom. The molecule has 2 unspecified atom stereocenters. The summed E-state index contributed by atoms with van der Waals surface area (Å²) in [6.07, 6.45) is -0.590. The van der Waals surface area contributed by atoms with Crippen LogP contribution in [-0.4, -0.2) is 29.6 Å². The number of Topliss-reactive ketones (excluding diaryl/α,β-unsaturated/α-hetero) is 1. The van der Waals surface area contributed by atoms with Crippen molar-refractivity contribution in [1.82, 2.24) is 0 Å². The van der Waals surface area contributed by atoms with Crippen LogP contribution in [0, 0.1) is 37.5 Å². The second-order valence-electron chi connectivity index (χ2n) is 8.13. The van der Waals surface area contributed by atoms with Crippen molar-refractivity contribution in [2.24, 2.45) is 23.7 Å². The lowest BCUT2D eigenvalue weighted by Gasteiger charge is -2.22. The van der Waals surface area contributed by atoms with Gasteiger partial charge in [-0.3, -0.25) is 9.59 Å². The summed E-state index contributed by atoms with van der Waals surface area (Å²) in [5, 5.41) is 8.58. The van der Waals surface area contributed by atoms with Crippen LogP contribution < -0.4 is 0 Å². The summed E-state index contributed by atoms with van der Waals surface area (Å²) >= 11 is 0. The summed E-state index contributed by atoms with van der Waals surface area (Å²) in [4.78, 5) is 23.2. The van der Waals surface area contributed by atoms with Crippen molar-refractivity contribution in [1.29, 1.82) is 0 Å². The summed E-state index contributed by atoms with van der Waals surface area (Å²) in [7, 11) is 0. The van der Waals surface area contributed by atoms with Gasteiger partial charge in [0.25, 0.3) is 0 Å². The number of benzene rings is 1. The fraction of sp³-hybridized carbons (Fsp3) is 0.565. The number of carboxylic acid groups (broad SMARTS) is 1. The number of allylic oxidation sites excluding steroid dienone is 1. The first-order valence-corrected chi connectivity index (χ1v) is 10.2. The van der Waals surface area contributed by atoms with Crippen molar-refractivity contribution >= 4 is 11.8 Å². The van der Waals surface area contributed by atoms with Crippen LogP contribution in [0.1, 0.15) is 42.9 Å². The van der Waals surface area contributed by atoms with Gasteiger partial charge in [0, 0.05) is 5.92 Å². The van der Waals surface area contributed by atoms with Crippen molar-refractivity contribution in [3.8, 4) is 0 Å². The minimum absolute atomic E-state index is 0.00758. The van der Waals surface area contributed by atoms with E-state index in [0.717, 1.165) is 16.7 Å². The van der Waals surface area contributed by atoms with Crippen LogP contribution in [0.25, 0.3) is 0 Å². The van der Waals surface area contributed by atoms with Crippen LogP contribution in [0.4, 0.5) is 13.2 Å². The van der Waals surface area contributed by atoms with E-state index in [1.807, 2.05) is 32.0 Å². The standard InChI is InChI=1S/C23H29F3O4/c1-14-6-7-17(13-15(14)2)8-9-19-18(5-4-11-30-12-10-20(27)28)16(3)21(22(19)29)23(24,25)26/h4,6-7,11,13,16,18-19,21H,5,8-10,12H2,1-3H3,(H,27,28)/b11-4-/t16?,18-,19+,21?/m0/s1. The topological polar surface area (TPSA) is 63.6 Å². The van der Waals surface area contributed by atoms with Gasteiger partial charge in [-0.25, -0.2) is 0 Å². The third-order valence-corrected chi connectivity index (χ3v) is 6.09. The molecule has 0 heterocycles. The number of ether oxygens (including phenoxy) is 1. The van der Waals surface area contributed by atoms with Crippen molar-refractivity contribution in [3.63, 3.8) is 0 Å². The zero-order valence-electron chi connectivity index (χ0n) is 17.5. The molecule has 0 saturated heterocycles. The molecule has 30 heavy (non-hydrogen) atoms. The first-order valence-electron chi connectivity index (χ1n) is 10.2. The first-order chi connectivity index (χ1) is 14.0. The summed E-state index contributed by atoms with van der Waals surface area (Å²) in [6.45, 7) is 5.47. The maximum absolute atomic E-state index is 13.5. The minimum Gasteiger partial charge on any atom is -0.501 e. The van der Waals surface area contributed by atoms with Gasteiger partial charge in [0.1, 0.15) is 11.7 Å². The fourth-order valence-electron chi connectivity index (χ4n) is 4.29. The highest BCUT2D eigenvalue weighted by Gasteiger charge is 2.58. The van der Waals surface area contributed by atoms with Crippen molar-refractivity contribution in [2.45, 2.75) is 52.6 Å². The number of hydrogen-bond donors (Lipinski definition) is 1. The number of aliphatic carboxylic acids is 1. The molecule has 1 aromatic carbocycles. The highest BCUT2D eigenvalue weighted by atomic mass is 19.4. The van der Waals surface area contributed by atoms with Gasteiger partial charge in [0.05, 0.1) is 19.3 Å². The molecule has 1 aromatic rings. The first kappa shape index (κ1) is 24.0. The molecule has 0 bridgehead atoms. The summed E-state index contributed by atoms with van der Waals surface area (Å²) in [6, 6.07) is 5.96. The molecule has 0 aliphatic heterocycles. The Morgan fingerprint density at radius 3 is 2.53 bits per heavy atom. The molecule has 4 nitrogen and oxygen atoms in total. The summed E-state index contributed by atoms with van der Waals surface area (Å²) < 4.78 is 45.6. The Morgan fingerprint density at radius 2 is 1.93 bits per heavy atom. The van der Waals surface area contributed by atoms with Crippen LogP contribution in [0.2, 0.25) is 0 Å². The lowest BCUT2D eigenvalue weighted by Crippen LogP contribution is -2.32. The minimum atomic E-state index is -4.55. The predicted octanol–water partition coefficient (Wildman–Crippen LogP) is 5.26. The van der Waals surface area contributed by atoms with Gasteiger partial charge in [0.15, 0.2) is 0 Å². The molecule has 2 rings (SSSR count). The van der Waals surface area contributed by atoms with Gasteiger partial charge in [0.2, 0.25) is 0 Å². The number of hydrogen-bond acceptors (Lipinski definition) is 3. The lowest BCUT2D eigenvalue weighted by atomic mass is 9.83. The van der Waals surface area contributed by atoms with Crippen LogP contribution in [0.5, 0.6) is 0 Å². The van der Waals surface area contributed by atoms with E-state index in [0.29, 0.717) is 12.8 Å². The number of rotatable bonds is 9. The number of halogens is 3. The number of aryl methyl sites for hydroxylation is 3. The zero-order valence-corrected chi connectivity index (χ0v) is 17.5. The van der Waals surface area contributed by atoms with E-state index < -0.39 is 41.6 Å². The van der Waals surface area contributed by atoms with Gasteiger partial charge >= 0.3 is 12.1 Å². The van der Waals surface area contributed by atoms with E-state index in [2.05, 4.69) is 0 Å². The highest BCUT2D eigenvalue weighted by Crippen LogP contribution is 2.49. The van der Waals surface area contributed by atoms with E-state index in [1.54, 1.807) is 6.08 Å².